The number of benzene rings is 1. The average molecular weight is 457 g/mol. The highest BCUT2D eigenvalue weighted by molar-refractivity contribution is 14.1. The van der Waals surface area contributed by atoms with Gasteiger partial charge in [0.05, 0.1) is 5.69 Å². The maximum absolute atomic E-state index is 5.15. The lowest BCUT2D eigenvalue weighted by Crippen LogP contribution is -2.42. The first-order valence-electron chi connectivity index (χ1n) is 8.00. The second-order valence-electron chi connectivity index (χ2n) is 7.24. The highest BCUT2D eigenvalue weighted by Crippen LogP contribution is 2.50. The molecule has 2 saturated heterocycles. The summed E-state index contributed by atoms with van der Waals surface area (Å²) in [6.45, 7) is 1.06. The fraction of sp³-hybridized carbons (Fsp3) is 0.588. The van der Waals surface area contributed by atoms with Crippen LogP contribution in [0, 0.1) is 21.3 Å². The molecule has 0 aromatic heterocycles. The van der Waals surface area contributed by atoms with E-state index in [9.17, 15) is 0 Å². The van der Waals surface area contributed by atoms with Crippen molar-refractivity contribution < 1.29 is 0 Å². The molecule has 0 spiro atoms. The third-order valence-corrected chi connectivity index (χ3v) is 7.24. The molecule has 2 saturated carbocycles. The molecule has 21 heavy (non-hydrogen) atoms. The summed E-state index contributed by atoms with van der Waals surface area (Å²) in [5.74, 6) is 4.08. The Hall–Kier alpha value is -0.100. The average Bonchev–Trinajstić information content (AvgIpc) is 2.59. The van der Waals surface area contributed by atoms with Crippen LogP contribution in [0.2, 0.25) is 0 Å². The summed E-state index contributed by atoms with van der Waals surface area (Å²) < 4.78 is 2.51. The SMILES string of the molecule is Brc1cc(I)cc2c1CN1C(=N2)C2C[C@H]3CC1C[C@H](C2)C3. The summed E-state index contributed by atoms with van der Waals surface area (Å²) in [5.41, 5.74) is 2.60. The summed E-state index contributed by atoms with van der Waals surface area (Å²) in [4.78, 5) is 7.82. The van der Waals surface area contributed by atoms with Crippen LogP contribution in [0.1, 0.15) is 37.7 Å². The van der Waals surface area contributed by atoms with Crippen LogP contribution in [0.5, 0.6) is 0 Å². The molecule has 3 aliphatic heterocycles. The zero-order valence-corrected chi connectivity index (χ0v) is 15.6. The van der Waals surface area contributed by atoms with Crippen molar-refractivity contribution in [1.82, 2.24) is 4.90 Å². The highest BCUT2D eigenvalue weighted by atomic mass is 127. The van der Waals surface area contributed by atoms with Gasteiger partial charge in [0.15, 0.2) is 0 Å². The van der Waals surface area contributed by atoms with Crippen LogP contribution in [-0.4, -0.2) is 16.8 Å². The molecule has 4 bridgehead atoms. The minimum Gasteiger partial charge on any atom is -0.352 e. The van der Waals surface area contributed by atoms with Gasteiger partial charge < -0.3 is 4.90 Å². The number of halogens is 2. The van der Waals surface area contributed by atoms with Crippen LogP contribution in [0.4, 0.5) is 5.69 Å². The van der Waals surface area contributed by atoms with E-state index in [1.165, 1.54) is 57.2 Å². The Bertz CT molecular complexity index is 642. The summed E-state index contributed by atoms with van der Waals surface area (Å²) >= 11 is 6.16. The van der Waals surface area contributed by atoms with Crippen molar-refractivity contribution in [2.24, 2.45) is 22.7 Å². The van der Waals surface area contributed by atoms with Crippen molar-refractivity contribution in [3.8, 4) is 0 Å². The van der Waals surface area contributed by atoms with Crippen LogP contribution in [0.25, 0.3) is 0 Å². The Morgan fingerprint density at radius 2 is 1.86 bits per heavy atom. The number of rotatable bonds is 0. The van der Waals surface area contributed by atoms with Crippen LogP contribution >= 0.6 is 38.5 Å². The molecule has 1 aromatic carbocycles. The van der Waals surface area contributed by atoms with Crippen molar-refractivity contribution in [2.75, 3.05) is 0 Å². The molecular weight excluding hydrogens is 439 g/mol. The van der Waals surface area contributed by atoms with Gasteiger partial charge in [-0.15, -0.1) is 0 Å². The van der Waals surface area contributed by atoms with Gasteiger partial charge in [-0.1, -0.05) is 15.9 Å². The van der Waals surface area contributed by atoms with Crippen molar-refractivity contribution in [3.05, 3.63) is 25.7 Å². The van der Waals surface area contributed by atoms with Gasteiger partial charge in [0.25, 0.3) is 0 Å². The standard InChI is InChI=1S/C17H18BrIN2/c18-15-6-12(19)7-16-14(15)8-21-13-4-9-1-10(5-13)3-11(2-9)17(21)20-16/h6-7,9-11,13H,1-5,8H2/t9-,10-,11?,13?/m0/s1. The quantitative estimate of drug-likeness (QED) is 0.495. The molecule has 110 valence electrons. The number of nitrogens with zero attached hydrogens (tertiary/aromatic N) is 2. The van der Waals surface area contributed by atoms with E-state index in [0.717, 1.165) is 30.3 Å². The van der Waals surface area contributed by atoms with Gasteiger partial charge in [0.2, 0.25) is 0 Å². The fourth-order valence-corrected chi connectivity index (χ4v) is 6.82. The maximum Gasteiger partial charge on any atom is 0.108 e. The Morgan fingerprint density at radius 3 is 2.62 bits per heavy atom. The maximum atomic E-state index is 5.15. The first-order valence-corrected chi connectivity index (χ1v) is 9.87. The molecule has 2 atom stereocenters. The Labute approximate surface area is 147 Å². The van der Waals surface area contributed by atoms with E-state index in [1.807, 2.05) is 0 Å². The molecule has 5 aliphatic rings. The van der Waals surface area contributed by atoms with Crippen LogP contribution in [-0.2, 0) is 6.54 Å². The van der Waals surface area contributed by atoms with Crippen molar-refractivity contribution in [2.45, 2.75) is 44.7 Å². The minimum absolute atomic E-state index is 0.728. The van der Waals surface area contributed by atoms with E-state index in [4.69, 9.17) is 4.99 Å². The number of hydrogen-bond donors (Lipinski definition) is 0. The number of aliphatic imine (C=N–C) groups is 1. The zero-order valence-electron chi connectivity index (χ0n) is 11.9. The second kappa shape index (κ2) is 4.70. The van der Waals surface area contributed by atoms with E-state index in [1.54, 1.807) is 0 Å². The van der Waals surface area contributed by atoms with Gasteiger partial charge in [-0.3, -0.25) is 0 Å². The third kappa shape index (κ3) is 2.04. The summed E-state index contributed by atoms with van der Waals surface area (Å²) in [6, 6.07) is 5.22. The highest BCUT2D eigenvalue weighted by Gasteiger charge is 2.46. The molecule has 0 N–H and O–H groups in total. The first kappa shape index (κ1) is 13.3. The van der Waals surface area contributed by atoms with Gasteiger partial charge in [-0.05, 0) is 78.7 Å². The zero-order chi connectivity index (χ0) is 14.1. The predicted molar refractivity (Wildman–Crippen MR) is 96.8 cm³/mol. The van der Waals surface area contributed by atoms with Crippen molar-refractivity contribution >= 4 is 50.0 Å². The fourth-order valence-electron chi connectivity index (χ4n) is 5.21. The molecule has 0 amide bonds. The summed E-state index contributed by atoms with van der Waals surface area (Å²) in [5, 5.41) is 0. The Morgan fingerprint density at radius 1 is 1.10 bits per heavy atom. The van der Waals surface area contributed by atoms with Crippen molar-refractivity contribution in [3.63, 3.8) is 0 Å². The second-order valence-corrected chi connectivity index (χ2v) is 9.34. The van der Waals surface area contributed by atoms with E-state index in [0.29, 0.717) is 0 Å². The lowest BCUT2D eigenvalue weighted by molar-refractivity contribution is 0.128. The summed E-state index contributed by atoms with van der Waals surface area (Å²) in [6.07, 6.45) is 7.08. The first-order chi connectivity index (χ1) is 10.2. The lowest BCUT2D eigenvalue weighted by atomic mass is 9.68. The number of hydrogen-bond acceptors (Lipinski definition) is 2. The van der Waals surface area contributed by atoms with Gasteiger partial charge in [0, 0.05) is 32.1 Å². The Balaban J connectivity index is 1.66. The topological polar surface area (TPSA) is 15.6 Å². The van der Waals surface area contributed by atoms with E-state index < -0.39 is 0 Å². The van der Waals surface area contributed by atoms with Gasteiger partial charge in [-0.2, -0.15) is 0 Å². The smallest absolute Gasteiger partial charge is 0.108 e. The Kier molecular flexibility index (Phi) is 2.99. The van der Waals surface area contributed by atoms with Gasteiger partial charge >= 0.3 is 0 Å². The summed E-state index contributed by atoms with van der Waals surface area (Å²) in [7, 11) is 0. The minimum atomic E-state index is 0.728. The van der Waals surface area contributed by atoms with Crippen LogP contribution in [0.3, 0.4) is 0 Å². The normalized spacial score (nSPS) is 36.1. The molecule has 4 heteroatoms. The molecule has 2 nitrogen and oxygen atoms in total. The number of amidine groups is 1. The molecule has 0 unspecified atom stereocenters. The molecule has 1 aromatic rings. The molecule has 4 fully saturated rings. The molecular formula is C17H18BrIN2. The van der Waals surface area contributed by atoms with E-state index in [-0.39, 0.29) is 0 Å². The lowest BCUT2D eigenvalue weighted by Gasteiger charge is -2.39. The largest absolute Gasteiger partial charge is 0.352 e. The predicted octanol–water partition coefficient (Wildman–Crippen LogP) is 5.11. The van der Waals surface area contributed by atoms with E-state index >= 15 is 0 Å². The van der Waals surface area contributed by atoms with Crippen molar-refractivity contribution in [1.29, 1.82) is 0 Å². The van der Waals surface area contributed by atoms with Gasteiger partial charge in [-0.25, -0.2) is 4.99 Å². The molecule has 2 aliphatic carbocycles. The third-order valence-electron chi connectivity index (χ3n) is 5.91. The van der Waals surface area contributed by atoms with Crippen LogP contribution < -0.4 is 0 Å². The van der Waals surface area contributed by atoms with Crippen LogP contribution in [0.15, 0.2) is 21.6 Å². The molecule has 6 rings (SSSR count). The van der Waals surface area contributed by atoms with E-state index in [2.05, 4.69) is 55.6 Å². The molecule has 3 heterocycles. The number of fused-ring (bicyclic) bond motifs is 1. The molecule has 0 radical (unpaired) electrons. The van der Waals surface area contributed by atoms with Gasteiger partial charge in [0.1, 0.15) is 5.84 Å². The monoisotopic (exact) mass is 456 g/mol.